The van der Waals surface area contributed by atoms with Gasteiger partial charge >= 0.3 is 5.97 Å². The Bertz CT molecular complexity index is 1530. The first-order chi connectivity index (χ1) is 21.5. The van der Waals surface area contributed by atoms with Crippen LogP contribution in [-0.2, 0) is 39.9 Å². The summed E-state index contributed by atoms with van der Waals surface area (Å²) in [6, 6.07) is 24.6. The number of carbonyl (C=O) groups excluding carboxylic acids is 2. The number of ketones is 1. The Kier molecular flexibility index (Phi) is 9.58. The lowest BCUT2D eigenvalue weighted by molar-refractivity contribution is -0.326. The highest BCUT2D eigenvalue weighted by molar-refractivity contribution is 7.99. The number of nitrogens with zero attached hydrogens (tertiary/aromatic N) is 1. The van der Waals surface area contributed by atoms with Crippen LogP contribution in [0.2, 0.25) is 0 Å². The number of Topliss-reactive ketones (excluding diaryl/α,β-unsaturated/α-hetero) is 1. The standard InChI is InChI=1S/C33H33NO9S/c1-20(35)12-17-27(36)42-30-29(38-18-21-8-4-3-5-9-21)28-26(19-39-31(43-28)22-13-15-23(37-2)16-14-22)40-32(30)44-33-34-24-10-6-7-11-25(24)41-33/h3-11,13-16,26,28-32H,12,17-19H2,1-2H3/t26-,28-,29+,30-,31?,32+/m1/s1. The number of hydrogen-bond acceptors (Lipinski definition) is 11. The fraction of sp³-hybridized carbons (Fsp3) is 0.364. The molecular weight excluding hydrogens is 586 g/mol. The Hall–Kier alpha value is -3.74. The number of fused-ring (bicyclic) bond motifs is 2. The number of para-hydroxylation sites is 2. The predicted octanol–water partition coefficient (Wildman–Crippen LogP) is 5.63. The number of benzene rings is 3. The third-order valence-electron chi connectivity index (χ3n) is 7.40. The minimum absolute atomic E-state index is 0.0654. The molecule has 6 rings (SSSR count). The van der Waals surface area contributed by atoms with E-state index < -0.39 is 42.1 Å². The van der Waals surface area contributed by atoms with Gasteiger partial charge in [0.2, 0.25) is 0 Å². The molecule has 2 aliphatic heterocycles. The maximum absolute atomic E-state index is 13.1. The number of oxazole rings is 1. The summed E-state index contributed by atoms with van der Waals surface area (Å²) in [5.41, 5.74) is 2.30. The van der Waals surface area contributed by atoms with Crippen LogP contribution in [-0.4, -0.2) is 60.3 Å². The molecule has 230 valence electrons. The van der Waals surface area contributed by atoms with Gasteiger partial charge in [-0.1, -0.05) is 54.6 Å². The summed E-state index contributed by atoms with van der Waals surface area (Å²) in [6.07, 6.45) is -3.56. The Morgan fingerprint density at radius 3 is 2.45 bits per heavy atom. The number of esters is 1. The molecule has 4 aromatic rings. The summed E-state index contributed by atoms with van der Waals surface area (Å²) >= 11 is 1.20. The summed E-state index contributed by atoms with van der Waals surface area (Å²) in [4.78, 5) is 29.3. The quantitative estimate of drug-likeness (QED) is 0.194. The molecule has 3 aromatic carbocycles. The van der Waals surface area contributed by atoms with Crippen LogP contribution < -0.4 is 4.74 Å². The lowest BCUT2D eigenvalue weighted by Crippen LogP contribution is -2.62. The van der Waals surface area contributed by atoms with E-state index in [-0.39, 0.29) is 31.8 Å². The van der Waals surface area contributed by atoms with Crippen molar-refractivity contribution in [1.29, 1.82) is 0 Å². The lowest BCUT2D eigenvalue weighted by atomic mass is 9.98. The number of hydrogen-bond donors (Lipinski definition) is 0. The summed E-state index contributed by atoms with van der Waals surface area (Å²) < 4.78 is 43.0. The van der Waals surface area contributed by atoms with Crippen LogP contribution in [0.25, 0.3) is 11.1 Å². The van der Waals surface area contributed by atoms with Gasteiger partial charge in [0.05, 0.1) is 26.7 Å². The minimum atomic E-state index is -0.922. The Morgan fingerprint density at radius 1 is 0.932 bits per heavy atom. The zero-order chi connectivity index (χ0) is 30.5. The molecule has 0 aliphatic carbocycles. The number of aromatic nitrogens is 1. The third-order valence-corrected chi connectivity index (χ3v) is 8.38. The van der Waals surface area contributed by atoms with E-state index >= 15 is 0 Å². The smallest absolute Gasteiger partial charge is 0.306 e. The van der Waals surface area contributed by atoms with E-state index in [1.54, 1.807) is 7.11 Å². The maximum Gasteiger partial charge on any atom is 0.306 e. The highest BCUT2D eigenvalue weighted by Crippen LogP contribution is 2.42. The van der Waals surface area contributed by atoms with E-state index in [9.17, 15) is 9.59 Å². The van der Waals surface area contributed by atoms with Crippen molar-refractivity contribution in [2.45, 2.75) is 67.7 Å². The fourth-order valence-corrected chi connectivity index (χ4v) is 6.17. The van der Waals surface area contributed by atoms with Crippen molar-refractivity contribution in [3.05, 3.63) is 90.0 Å². The number of carbonyl (C=O) groups is 2. The molecule has 2 aliphatic rings. The van der Waals surface area contributed by atoms with E-state index in [4.69, 9.17) is 32.8 Å². The molecule has 44 heavy (non-hydrogen) atoms. The SMILES string of the molecule is COc1ccc(C2OC[C@H]3O[C@@H](Sc4nc5ccccc5o4)[C@H](OC(=O)CCC(C)=O)[C@@H](OCc4ccccc4)[C@@H]3O2)cc1. The van der Waals surface area contributed by atoms with Gasteiger partial charge in [-0.15, -0.1) is 0 Å². The van der Waals surface area contributed by atoms with Crippen molar-refractivity contribution >= 4 is 34.6 Å². The van der Waals surface area contributed by atoms with Crippen molar-refractivity contribution in [3.63, 3.8) is 0 Å². The molecule has 2 fully saturated rings. The second-order valence-electron chi connectivity index (χ2n) is 10.6. The predicted molar refractivity (Wildman–Crippen MR) is 160 cm³/mol. The van der Waals surface area contributed by atoms with Crippen molar-refractivity contribution in [2.24, 2.45) is 0 Å². The van der Waals surface area contributed by atoms with Gasteiger partial charge in [-0.25, -0.2) is 4.98 Å². The minimum Gasteiger partial charge on any atom is -0.497 e. The first kappa shape index (κ1) is 30.3. The van der Waals surface area contributed by atoms with Crippen molar-refractivity contribution in [2.75, 3.05) is 13.7 Å². The van der Waals surface area contributed by atoms with Gasteiger partial charge in [0.15, 0.2) is 23.4 Å². The number of rotatable bonds is 11. The van der Waals surface area contributed by atoms with E-state index in [0.29, 0.717) is 22.1 Å². The van der Waals surface area contributed by atoms with Gasteiger partial charge in [0, 0.05) is 12.0 Å². The highest BCUT2D eigenvalue weighted by Gasteiger charge is 2.53. The Labute approximate surface area is 258 Å². The second-order valence-corrected chi connectivity index (χ2v) is 11.6. The molecule has 1 unspecified atom stereocenters. The maximum atomic E-state index is 13.1. The molecular formula is C33H33NO9S. The zero-order valence-electron chi connectivity index (χ0n) is 24.3. The van der Waals surface area contributed by atoms with Crippen LogP contribution in [0.3, 0.4) is 0 Å². The van der Waals surface area contributed by atoms with Gasteiger partial charge in [-0.05, 0) is 48.5 Å². The first-order valence-corrected chi connectivity index (χ1v) is 15.3. The van der Waals surface area contributed by atoms with Crippen LogP contribution in [0.1, 0.15) is 37.2 Å². The van der Waals surface area contributed by atoms with Gasteiger partial charge in [-0.2, -0.15) is 0 Å². The highest BCUT2D eigenvalue weighted by atomic mass is 32.2. The van der Waals surface area contributed by atoms with E-state index in [1.165, 1.54) is 18.7 Å². The average Bonchev–Trinajstić information content (AvgIpc) is 3.46. The third kappa shape index (κ3) is 7.14. The molecule has 0 radical (unpaired) electrons. The summed E-state index contributed by atoms with van der Waals surface area (Å²) in [5.74, 6) is 0.0675. The number of methoxy groups -OCH3 is 1. The average molecular weight is 620 g/mol. The molecule has 6 atom stereocenters. The second kappa shape index (κ2) is 13.9. The number of ether oxygens (including phenoxy) is 6. The van der Waals surface area contributed by atoms with Crippen molar-refractivity contribution in [1.82, 2.24) is 4.98 Å². The van der Waals surface area contributed by atoms with Crippen molar-refractivity contribution in [3.8, 4) is 5.75 Å². The van der Waals surface area contributed by atoms with E-state index in [1.807, 2.05) is 78.9 Å². The summed E-state index contributed by atoms with van der Waals surface area (Å²) in [7, 11) is 1.61. The molecule has 0 saturated carbocycles. The topological polar surface area (TPSA) is 116 Å². The largest absolute Gasteiger partial charge is 0.497 e. The molecule has 1 aromatic heterocycles. The van der Waals surface area contributed by atoms with Crippen LogP contribution >= 0.6 is 11.8 Å². The van der Waals surface area contributed by atoms with Crippen LogP contribution in [0.4, 0.5) is 0 Å². The van der Waals surface area contributed by atoms with E-state index in [2.05, 4.69) is 4.98 Å². The molecule has 0 spiro atoms. The molecule has 10 nitrogen and oxygen atoms in total. The van der Waals surface area contributed by atoms with Crippen LogP contribution in [0.15, 0.2) is 88.5 Å². The van der Waals surface area contributed by atoms with E-state index in [0.717, 1.165) is 11.1 Å². The van der Waals surface area contributed by atoms with Crippen LogP contribution in [0.5, 0.6) is 5.75 Å². The molecule has 0 amide bonds. The molecule has 11 heteroatoms. The Morgan fingerprint density at radius 2 is 1.70 bits per heavy atom. The van der Waals surface area contributed by atoms with Gasteiger partial charge in [0.1, 0.15) is 35.4 Å². The van der Waals surface area contributed by atoms with Crippen molar-refractivity contribution < 1.29 is 42.4 Å². The monoisotopic (exact) mass is 619 g/mol. The molecule has 3 heterocycles. The molecule has 0 N–H and O–H groups in total. The molecule has 0 bridgehead atoms. The summed E-state index contributed by atoms with van der Waals surface area (Å²) in [6.45, 7) is 1.89. The van der Waals surface area contributed by atoms with Gasteiger partial charge in [0.25, 0.3) is 5.22 Å². The fourth-order valence-electron chi connectivity index (χ4n) is 5.14. The summed E-state index contributed by atoms with van der Waals surface area (Å²) in [5, 5.41) is 0.356. The lowest BCUT2D eigenvalue weighted by Gasteiger charge is -2.48. The normalized spacial score (nSPS) is 24.9. The molecule has 2 saturated heterocycles. The number of thioether (sulfide) groups is 1. The van der Waals surface area contributed by atoms with Gasteiger partial charge < -0.3 is 37.6 Å². The first-order valence-electron chi connectivity index (χ1n) is 14.4. The Balaban J connectivity index is 1.31. The van der Waals surface area contributed by atoms with Crippen LogP contribution in [0, 0.1) is 0 Å². The van der Waals surface area contributed by atoms with Gasteiger partial charge in [-0.3, -0.25) is 4.79 Å². The zero-order valence-corrected chi connectivity index (χ0v) is 25.1.